The molecule has 8 heteroatoms. The van der Waals surface area contributed by atoms with E-state index in [-0.39, 0.29) is 0 Å². The van der Waals surface area contributed by atoms with Crippen LogP contribution in [0.4, 0.5) is 4.79 Å². The lowest BCUT2D eigenvalue weighted by molar-refractivity contribution is 0.144. The smallest absolute Gasteiger partial charge is 0.405 e. The molecule has 0 saturated heterocycles. The molecule has 0 atom stereocenters. The Morgan fingerprint density at radius 3 is 2.39 bits per heavy atom. The molecule has 2 heterocycles. The first kappa shape index (κ1) is 21.3. The molecule has 0 bridgehead atoms. The number of amides is 1. The highest BCUT2D eigenvalue weighted by Gasteiger charge is 2.40. The maximum Gasteiger partial charge on any atom is 0.405 e. The number of fused-ring (bicyclic) bond motifs is 1. The Bertz CT molecular complexity index is 1320. The third-order valence-corrected chi connectivity index (χ3v) is 6.74. The van der Waals surface area contributed by atoms with Crippen molar-refractivity contribution in [3.8, 4) is 28.3 Å². The molecule has 1 amide bonds. The largest absolute Gasteiger partial charge is 0.480 e. The lowest BCUT2D eigenvalue weighted by atomic mass is 9.72. The molecule has 1 fully saturated rings. The van der Waals surface area contributed by atoms with Gasteiger partial charge in [0, 0.05) is 11.1 Å². The summed E-state index contributed by atoms with van der Waals surface area (Å²) in [6, 6.07) is 17.8. The summed E-state index contributed by atoms with van der Waals surface area (Å²) in [5.41, 5.74) is 3.62. The number of benzene rings is 2. The number of nitrogens with zero attached hydrogens (tertiary/aromatic N) is 2. The van der Waals surface area contributed by atoms with Gasteiger partial charge < -0.3 is 19.6 Å². The lowest BCUT2D eigenvalue weighted by Crippen LogP contribution is -2.50. The molecule has 0 unspecified atom stereocenters. The molecule has 2 aromatic heterocycles. The van der Waals surface area contributed by atoms with Gasteiger partial charge in [-0.25, -0.2) is 4.79 Å². The number of thioether (sulfide) groups is 1. The van der Waals surface area contributed by atoms with Crippen molar-refractivity contribution >= 4 is 29.0 Å². The summed E-state index contributed by atoms with van der Waals surface area (Å²) in [5, 5.41) is 13.3. The highest BCUT2D eigenvalue weighted by atomic mass is 32.2. The Labute approximate surface area is 195 Å². The first-order valence-electron chi connectivity index (χ1n) is 10.6. The van der Waals surface area contributed by atoms with Crippen LogP contribution in [0.15, 0.2) is 64.2 Å². The van der Waals surface area contributed by atoms with Crippen molar-refractivity contribution in [3.63, 3.8) is 0 Å². The molecule has 1 saturated carbocycles. The minimum atomic E-state index is -1.00. The lowest BCUT2D eigenvalue weighted by Gasteiger charge is -2.42. The van der Waals surface area contributed by atoms with Gasteiger partial charge in [0.05, 0.1) is 12.6 Å². The topological polar surface area (TPSA) is 97.5 Å². The molecular formula is C25H23N3O4S. The van der Waals surface area contributed by atoms with E-state index in [1.807, 2.05) is 60.9 Å². The Hall–Kier alpha value is -3.52. The predicted octanol–water partition coefficient (Wildman–Crippen LogP) is 5.93. The molecule has 0 aliphatic heterocycles. The van der Waals surface area contributed by atoms with Crippen molar-refractivity contribution in [1.82, 2.24) is 15.3 Å². The number of rotatable bonds is 6. The van der Waals surface area contributed by atoms with Crippen LogP contribution < -0.4 is 10.1 Å². The predicted molar refractivity (Wildman–Crippen MR) is 128 cm³/mol. The summed E-state index contributed by atoms with van der Waals surface area (Å²) < 4.78 is 11.9. The monoisotopic (exact) mass is 461 g/mol. The molecular weight excluding hydrogens is 438 g/mol. The summed E-state index contributed by atoms with van der Waals surface area (Å²) in [6.07, 6.45) is 3.49. The van der Waals surface area contributed by atoms with Crippen LogP contribution in [-0.4, -0.2) is 34.5 Å². The Balaban J connectivity index is 1.67. The number of nitrogens with one attached hydrogen (secondary N) is 1. The fraction of sp³-hybridized carbons (Fsp3) is 0.240. The van der Waals surface area contributed by atoms with Gasteiger partial charge in [0.15, 0.2) is 5.16 Å². The van der Waals surface area contributed by atoms with Gasteiger partial charge >= 0.3 is 6.09 Å². The molecule has 168 valence electrons. The van der Waals surface area contributed by atoms with Gasteiger partial charge in [-0.05, 0) is 36.6 Å². The maximum atomic E-state index is 11.3. The third kappa shape index (κ3) is 3.70. The number of carbonyl (C=O) groups is 1. The molecule has 2 N–H and O–H groups in total. The van der Waals surface area contributed by atoms with Crippen LogP contribution >= 0.6 is 11.8 Å². The van der Waals surface area contributed by atoms with Gasteiger partial charge in [-0.2, -0.15) is 9.97 Å². The van der Waals surface area contributed by atoms with Crippen molar-refractivity contribution in [2.24, 2.45) is 0 Å². The minimum Gasteiger partial charge on any atom is -0.480 e. The van der Waals surface area contributed by atoms with Gasteiger partial charge in [0.25, 0.3) is 0 Å². The van der Waals surface area contributed by atoms with Crippen LogP contribution in [0, 0.1) is 0 Å². The number of carboxylic acid groups (broad SMARTS) is 1. The van der Waals surface area contributed by atoms with E-state index in [1.165, 1.54) is 11.8 Å². The second kappa shape index (κ2) is 8.44. The van der Waals surface area contributed by atoms with Crippen molar-refractivity contribution < 1.29 is 19.1 Å². The van der Waals surface area contributed by atoms with Gasteiger partial charge in [0.2, 0.25) is 11.6 Å². The van der Waals surface area contributed by atoms with E-state index in [0.717, 1.165) is 46.9 Å². The van der Waals surface area contributed by atoms with E-state index in [4.69, 9.17) is 9.15 Å². The van der Waals surface area contributed by atoms with Crippen molar-refractivity contribution in [1.29, 1.82) is 0 Å². The molecule has 0 spiro atoms. The second-order valence-electron chi connectivity index (χ2n) is 8.02. The van der Waals surface area contributed by atoms with Crippen LogP contribution in [0.25, 0.3) is 33.6 Å². The average molecular weight is 462 g/mol. The Morgan fingerprint density at radius 1 is 1.09 bits per heavy atom. The SMILES string of the molecule is COc1nc(SC)nc2oc(-c3ccc(C4(NC(=O)O)CCC4)cc3)c(-c3ccccc3)c12. The molecule has 2 aromatic carbocycles. The van der Waals surface area contributed by atoms with E-state index >= 15 is 0 Å². The summed E-state index contributed by atoms with van der Waals surface area (Å²) >= 11 is 1.42. The van der Waals surface area contributed by atoms with Crippen molar-refractivity contribution in [2.75, 3.05) is 13.4 Å². The summed E-state index contributed by atoms with van der Waals surface area (Å²) in [6.45, 7) is 0. The number of aromatic nitrogens is 2. The standard InChI is InChI=1S/C25H23N3O4S/c1-31-21-19-18(15-7-4-3-5-8-15)20(32-22(19)27-23(26-21)33-2)16-9-11-17(12-10-16)25(13-6-14-25)28-24(29)30/h3-5,7-12,28H,6,13-14H2,1-2H3,(H,29,30). The van der Waals surface area contributed by atoms with Gasteiger partial charge in [0.1, 0.15) is 11.1 Å². The number of methoxy groups -OCH3 is 1. The zero-order valence-corrected chi connectivity index (χ0v) is 19.1. The van der Waals surface area contributed by atoms with Gasteiger partial charge in [-0.1, -0.05) is 66.4 Å². The van der Waals surface area contributed by atoms with Gasteiger partial charge in [-0.3, -0.25) is 0 Å². The highest BCUT2D eigenvalue weighted by Crippen LogP contribution is 2.45. The highest BCUT2D eigenvalue weighted by molar-refractivity contribution is 7.98. The van der Waals surface area contributed by atoms with Crippen LogP contribution in [-0.2, 0) is 5.54 Å². The van der Waals surface area contributed by atoms with E-state index in [2.05, 4.69) is 15.3 Å². The van der Waals surface area contributed by atoms with Crippen LogP contribution in [0.2, 0.25) is 0 Å². The summed E-state index contributed by atoms with van der Waals surface area (Å²) in [4.78, 5) is 20.4. The van der Waals surface area contributed by atoms with Gasteiger partial charge in [-0.15, -0.1) is 0 Å². The van der Waals surface area contributed by atoms with Crippen molar-refractivity contribution in [3.05, 3.63) is 60.2 Å². The third-order valence-electron chi connectivity index (χ3n) is 6.19. The molecule has 33 heavy (non-hydrogen) atoms. The molecule has 0 radical (unpaired) electrons. The number of hydrogen-bond acceptors (Lipinski definition) is 6. The molecule has 7 nitrogen and oxygen atoms in total. The van der Waals surface area contributed by atoms with E-state index in [9.17, 15) is 9.90 Å². The number of furan rings is 1. The van der Waals surface area contributed by atoms with Crippen LogP contribution in [0.5, 0.6) is 5.88 Å². The molecule has 5 rings (SSSR count). The van der Waals surface area contributed by atoms with E-state index in [1.54, 1.807) is 7.11 Å². The van der Waals surface area contributed by atoms with Crippen molar-refractivity contribution in [2.45, 2.75) is 30.0 Å². The quantitative estimate of drug-likeness (QED) is 0.271. The molecule has 1 aliphatic rings. The van der Waals surface area contributed by atoms with E-state index < -0.39 is 11.6 Å². The Kier molecular flexibility index (Phi) is 5.46. The minimum absolute atomic E-state index is 0.465. The molecule has 4 aromatic rings. The zero-order chi connectivity index (χ0) is 23.0. The van der Waals surface area contributed by atoms with E-state index in [0.29, 0.717) is 22.5 Å². The molecule has 1 aliphatic carbocycles. The maximum absolute atomic E-state index is 11.3. The first-order valence-corrected chi connectivity index (χ1v) is 11.9. The second-order valence-corrected chi connectivity index (χ2v) is 8.79. The fourth-order valence-electron chi connectivity index (χ4n) is 4.43. The summed E-state index contributed by atoms with van der Waals surface area (Å²) in [7, 11) is 1.59. The Morgan fingerprint density at radius 2 is 1.82 bits per heavy atom. The normalized spacial score (nSPS) is 14.6. The van der Waals surface area contributed by atoms with Crippen LogP contribution in [0.3, 0.4) is 0 Å². The van der Waals surface area contributed by atoms with Crippen LogP contribution in [0.1, 0.15) is 24.8 Å². The first-order chi connectivity index (χ1) is 16.0. The number of hydrogen-bond donors (Lipinski definition) is 2. The average Bonchev–Trinajstić information content (AvgIpc) is 3.21. The number of ether oxygens (including phenoxy) is 1. The summed E-state index contributed by atoms with van der Waals surface area (Å²) in [5.74, 6) is 1.14. The fourth-order valence-corrected chi connectivity index (χ4v) is 4.78. The zero-order valence-electron chi connectivity index (χ0n) is 18.3.